The number of fused-ring (bicyclic) bond motifs is 2. The number of carbonyl (C=O) groups is 1. The van der Waals surface area contributed by atoms with Crippen molar-refractivity contribution in [1.82, 2.24) is 4.98 Å². The van der Waals surface area contributed by atoms with E-state index in [1.807, 2.05) is 12.3 Å². The Morgan fingerprint density at radius 3 is 2.79 bits per heavy atom. The van der Waals surface area contributed by atoms with Crippen LogP contribution in [0.25, 0.3) is 11.1 Å². The molecule has 0 bridgehead atoms. The molecule has 1 aliphatic carbocycles. The third-order valence-corrected chi connectivity index (χ3v) is 5.40. The summed E-state index contributed by atoms with van der Waals surface area (Å²) >= 11 is 0. The first kappa shape index (κ1) is 15.3. The van der Waals surface area contributed by atoms with Crippen LogP contribution in [0, 0.1) is 11.7 Å². The van der Waals surface area contributed by atoms with Crippen LogP contribution in [0.1, 0.15) is 36.5 Å². The number of aromatic nitrogens is 1. The quantitative estimate of drug-likeness (QED) is 0.796. The Hall–Kier alpha value is -2.23. The van der Waals surface area contributed by atoms with E-state index in [0.29, 0.717) is 30.0 Å². The van der Waals surface area contributed by atoms with E-state index < -0.39 is 0 Å². The van der Waals surface area contributed by atoms with Gasteiger partial charge in [0.2, 0.25) is 5.91 Å². The molecule has 2 heterocycles. The maximum absolute atomic E-state index is 14.8. The van der Waals surface area contributed by atoms with Gasteiger partial charge in [0.1, 0.15) is 5.82 Å². The van der Waals surface area contributed by atoms with Gasteiger partial charge in [-0.05, 0) is 60.4 Å². The van der Waals surface area contributed by atoms with Gasteiger partial charge in [-0.2, -0.15) is 0 Å². The predicted molar refractivity (Wildman–Crippen MR) is 92.6 cm³/mol. The lowest BCUT2D eigenvalue weighted by Crippen LogP contribution is -2.31. The number of hydrogen-bond donors (Lipinski definition) is 0. The Morgan fingerprint density at radius 2 is 1.96 bits per heavy atom. The average Bonchev–Trinajstić information content (AvgIpc) is 2.57. The van der Waals surface area contributed by atoms with E-state index in [-0.39, 0.29) is 11.7 Å². The van der Waals surface area contributed by atoms with E-state index in [2.05, 4.69) is 11.9 Å². The molecular weight excluding hydrogens is 303 g/mol. The van der Waals surface area contributed by atoms with Crippen molar-refractivity contribution in [1.29, 1.82) is 0 Å². The minimum absolute atomic E-state index is 0.0439. The summed E-state index contributed by atoms with van der Waals surface area (Å²) in [5.74, 6) is 0.425. The number of nitrogens with zero attached hydrogens (tertiary/aromatic N) is 2. The summed E-state index contributed by atoms with van der Waals surface area (Å²) in [5.41, 5.74) is 5.75. The third-order valence-electron chi connectivity index (χ3n) is 5.40. The van der Waals surface area contributed by atoms with E-state index in [1.54, 1.807) is 18.1 Å². The first-order chi connectivity index (χ1) is 11.5. The molecule has 1 atom stereocenters. The van der Waals surface area contributed by atoms with Crippen molar-refractivity contribution in [2.45, 2.75) is 39.0 Å². The fourth-order valence-corrected chi connectivity index (χ4v) is 3.97. The van der Waals surface area contributed by atoms with Crippen LogP contribution < -0.4 is 4.90 Å². The predicted octanol–water partition coefficient (Wildman–Crippen LogP) is 3.92. The van der Waals surface area contributed by atoms with Gasteiger partial charge in [0, 0.05) is 42.7 Å². The number of pyridine rings is 1. The van der Waals surface area contributed by atoms with Crippen LogP contribution in [0.3, 0.4) is 0 Å². The van der Waals surface area contributed by atoms with E-state index in [0.717, 1.165) is 30.4 Å². The molecular formula is C20H21FN2O. The summed E-state index contributed by atoms with van der Waals surface area (Å²) in [6, 6.07) is 3.43. The molecule has 3 nitrogen and oxygen atoms in total. The van der Waals surface area contributed by atoms with Gasteiger partial charge >= 0.3 is 0 Å². The summed E-state index contributed by atoms with van der Waals surface area (Å²) < 4.78 is 14.8. The zero-order valence-corrected chi connectivity index (χ0v) is 14.1. The highest BCUT2D eigenvalue weighted by Gasteiger charge is 2.25. The highest BCUT2D eigenvalue weighted by atomic mass is 19.1. The molecule has 1 amide bonds. The fourth-order valence-electron chi connectivity index (χ4n) is 3.97. The zero-order chi connectivity index (χ0) is 16.8. The lowest BCUT2D eigenvalue weighted by molar-refractivity contribution is -0.118. The number of rotatable bonds is 1. The molecule has 4 rings (SSSR count). The van der Waals surface area contributed by atoms with Crippen LogP contribution in [-0.4, -0.2) is 17.9 Å². The molecule has 0 saturated heterocycles. The van der Waals surface area contributed by atoms with Crippen molar-refractivity contribution in [3.05, 3.63) is 47.0 Å². The second kappa shape index (κ2) is 5.69. The largest absolute Gasteiger partial charge is 0.315 e. The number of aryl methyl sites for hydroxylation is 1. The summed E-state index contributed by atoms with van der Waals surface area (Å²) in [7, 11) is 1.72. The molecule has 0 spiro atoms. The summed E-state index contributed by atoms with van der Waals surface area (Å²) in [5, 5.41) is 0. The molecule has 0 unspecified atom stereocenters. The Balaban J connectivity index is 1.84. The summed E-state index contributed by atoms with van der Waals surface area (Å²) in [6.45, 7) is 2.25. The Morgan fingerprint density at radius 1 is 1.12 bits per heavy atom. The third kappa shape index (κ3) is 2.41. The number of carbonyl (C=O) groups excluding carboxylic acids is 1. The maximum atomic E-state index is 14.8. The maximum Gasteiger partial charge on any atom is 0.227 e. The van der Waals surface area contributed by atoms with Crippen molar-refractivity contribution in [2.75, 3.05) is 11.9 Å². The topological polar surface area (TPSA) is 33.2 Å². The Kier molecular flexibility index (Phi) is 3.63. The molecule has 0 fully saturated rings. The van der Waals surface area contributed by atoms with Crippen LogP contribution in [-0.2, 0) is 24.1 Å². The van der Waals surface area contributed by atoms with Crippen molar-refractivity contribution in [3.63, 3.8) is 0 Å². The standard InChI is InChI=1S/C20H21FN2O/c1-12-3-5-15-14(7-12)10-22-11-17(15)16-8-13-4-6-20(24)23(2)19(13)9-18(16)21/h8-12H,3-7H2,1-2H3/t12-/m1/s1. The van der Waals surface area contributed by atoms with Crippen LogP contribution in [0.4, 0.5) is 10.1 Å². The average molecular weight is 324 g/mol. The van der Waals surface area contributed by atoms with Crippen LogP contribution >= 0.6 is 0 Å². The second-order valence-corrected chi connectivity index (χ2v) is 7.09. The first-order valence-corrected chi connectivity index (χ1v) is 8.59. The summed E-state index contributed by atoms with van der Waals surface area (Å²) in [4.78, 5) is 17.8. The molecule has 2 aliphatic rings. The van der Waals surface area contributed by atoms with Gasteiger partial charge in [-0.1, -0.05) is 6.92 Å². The van der Waals surface area contributed by atoms with E-state index in [1.165, 1.54) is 17.2 Å². The number of amides is 1. The highest BCUT2D eigenvalue weighted by molar-refractivity contribution is 5.96. The normalized spacial score (nSPS) is 19.9. The van der Waals surface area contributed by atoms with E-state index in [4.69, 9.17) is 0 Å². The molecule has 4 heteroatoms. The first-order valence-electron chi connectivity index (χ1n) is 8.59. The van der Waals surface area contributed by atoms with E-state index in [9.17, 15) is 9.18 Å². The monoisotopic (exact) mass is 324 g/mol. The van der Waals surface area contributed by atoms with Crippen molar-refractivity contribution < 1.29 is 9.18 Å². The zero-order valence-electron chi connectivity index (χ0n) is 14.1. The molecule has 1 aliphatic heterocycles. The van der Waals surface area contributed by atoms with Crippen LogP contribution in [0.2, 0.25) is 0 Å². The molecule has 0 radical (unpaired) electrons. The lowest BCUT2D eigenvalue weighted by atomic mass is 9.82. The van der Waals surface area contributed by atoms with Crippen molar-refractivity contribution in [3.8, 4) is 11.1 Å². The van der Waals surface area contributed by atoms with Crippen molar-refractivity contribution >= 4 is 11.6 Å². The van der Waals surface area contributed by atoms with Gasteiger partial charge in [-0.25, -0.2) is 4.39 Å². The number of anilines is 1. The van der Waals surface area contributed by atoms with Gasteiger partial charge in [0.15, 0.2) is 0 Å². The number of hydrogen-bond acceptors (Lipinski definition) is 2. The molecule has 24 heavy (non-hydrogen) atoms. The lowest BCUT2D eigenvalue weighted by Gasteiger charge is -2.27. The SMILES string of the molecule is C[C@@H]1CCc2c(cncc2-c2cc3c(cc2F)N(C)C(=O)CC3)C1. The second-order valence-electron chi connectivity index (χ2n) is 7.09. The van der Waals surface area contributed by atoms with Crippen molar-refractivity contribution in [2.24, 2.45) is 5.92 Å². The van der Waals surface area contributed by atoms with Crippen LogP contribution in [0.5, 0.6) is 0 Å². The Labute approximate surface area is 141 Å². The van der Waals surface area contributed by atoms with Gasteiger partial charge < -0.3 is 4.90 Å². The Bertz CT molecular complexity index is 831. The van der Waals surface area contributed by atoms with Gasteiger partial charge in [0.25, 0.3) is 0 Å². The molecule has 1 aromatic carbocycles. The summed E-state index contributed by atoms with van der Waals surface area (Å²) in [6.07, 6.45) is 7.99. The highest BCUT2D eigenvalue weighted by Crippen LogP contribution is 2.37. The fraction of sp³-hybridized carbons (Fsp3) is 0.400. The number of benzene rings is 1. The smallest absolute Gasteiger partial charge is 0.227 e. The minimum Gasteiger partial charge on any atom is -0.315 e. The van der Waals surface area contributed by atoms with Gasteiger partial charge in [-0.15, -0.1) is 0 Å². The van der Waals surface area contributed by atoms with Crippen LogP contribution in [0.15, 0.2) is 24.5 Å². The van der Waals surface area contributed by atoms with E-state index >= 15 is 0 Å². The number of halogens is 1. The molecule has 1 aromatic heterocycles. The van der Waals surface area contributed by atoms with Gasteiger partial charge in [-0.3, -0.25) is 9.78 Å². The molecule has 2 aromatic rings. The molecule has 0 N–H and O–H groups in total. The molecule has 124 valence electrons. The minimum atomic E-state index is -0.274. The molecule has 0 saturated carbocycles. The van der Waals surface area contributed by atoms with Gasteiger partial charge in [0.05, 0.1) is 0 Å².